The Hall–Kier alpha value is -2.91. The number of methoxy groups -OCH3 is 1. The van der Waals surface area contributed by atoms with Crippen molar-refractivity contribution in [2.75, 3.05) is 32.1 Å². The van der Waals surface area contributed by atoms with Crippen LogP contribution in [0.2, 0.25) is 0 Å². The Morgan fingerprint density at radius 2 is 1.67 bits per heavy atom. The summed E-state index contributed by atoms with van der Waals surface area (Å²) in [5.41, 5.74) is 1.64. The Balaban J connectivity index is 2.14. The van der Waals surface area contributed by atoms with Crippen LogP contribution < -0.4 is 10.1 Å². The molecular weight excluding hydrogens is 408 g/mol. The Labute approximate surface area is 176 Å². The normalized spacial score (nSPS) is 11.2. The van der Waals surface area contributed by atoms with Crippen LogP contribution >= 0.6 is 0 Å². The highest BCUT2D eigenvalue weighted by Gasteiger charge is 2.27. The Kier molecular flexibility index (Phi) is 7.96. The summed E-state index contributed by atoms with van der Waals surface area (Å²) in [5.74, 6) is -1.19. The van der Waals surface area contributed by atoms with E-state index in [0.29, 0.717) is 5.69 Å². The zero-order valence-electron chi connectivity index (χ0n) is 17.5. The van der Waals surface area contributed by atoms with E-state index in [9.17, 15) is 18.0 Å². The minimum atomic E-state index is -3.85. The van der Waals surface area contributed by atoms with Crippen molar-refractivity contribution in [3.05, 3.63) is 53.6 Å². The summed E-state index contributed by atoms with van der Waals surface area (Å²) in [4.78, 5) is 24.3. The molecule has 8 nitrogen and oxygen atoms in total. The SMILES string of the molecule is CCN(CC)S(=O)(=O)c1cc(C(=O)OCC(=O)Nc2ccc(C)cc2)ccc1OC. The van der Waals surface area contributed by atoms with E-state index in [4.69, 9.17) is 9.47 Å². The van der Waals surface area contributed by atoms with E-state index in [1.54, 1.807) is 26.0 Å². The predicted octanol–water partition coefficient (Wildman–Crippen LogP) is 2.83. The van der Waals surface area contributed by atoms with Gasteiger partial charge >= 0.3 is 5.97 Å². The van der Waals surface area contributed by atoms with Crippen molar-refractivity contribution in [3.63, 3.8) is 0 Å². The maximum atomic E-state index is 12.9. The molecule has 0 atom stereocenters. The topological polar surface area (TPSA) is 102 Å². The number of rotatable bonds is 9. The first-order chi connectivity index (χ1) is 14.2. The summed E-state index contributed by atoms with van der Waals surface area (Å²) in [5, 5.41) is 2.62. The molecular formula is C21H26N2O6S. The molecule has 2 aromatic rings. The number of nitrogens with one attached hydrogen (secondary N) is 1. The fourth-order valence-corrected chi connectivity index (χ4v) is 4.40. The molecule has 0 fully saturated rings. The quantitative estimate of drug-likeness (QED) is 0.609. The third-order valence-electron chi connectivity index (χ3n) is 4.39. The molecule has 0 saturated carbocycles. The van der Waals surface area contributed by atoms with E-state index in [-0.39, 0.29) is 29.3 Å². The first-order valence-electron chi connectivity index (χ1n) is 9.44. The maximum absolute atomic E-state index is 12.9. The van der Waals surface area contributed by atoms with E-state index in [2.05, 4.69) is 5.32 Å². The largest absolute Gasteiger partial charge is 0.495 e. The van der Waals surface area contributed by atoms with Gasteiger partial charge in [0.1, 0.15) is 10.6 Å². The van der Waals surface area contributed by atoms with Crippen LogP contribution in [0.4, 0.5) is 5.69 Å². The van der Waals surface area contributed by atoms with Gasteiger partial charge in [-0.2, -0.15) is 4.31 Å². The summed E-state index contributed by atoms with van der Waals surface area (Å²) in [6.07, 6.45) is 0. The number of ether oxygens (including phenoxy) is 2. The van der Waals surface area contributed by atoms with E-state index >= 15 is 0 Å². The average molecular weight is 435 g/mol. The molecule has 2 rings (SSSR count). The van der Waals surface area contributed by atoms with Crippen molar-refractivity contribution >= 4 is 27.6 Å². The minimum Gasteiger partial charge on any atom is -0.495 e. The molecule has 30 heavy (non-hydrogen) atoms. The van der Waals surface area contributed by atoms with E-state index < -0.39 is 28.5 Å². The van der Waals surface area contributed by atoms with Gasteiger partial charge in [0.2, 0.25) is 10.0 Å². The number of hydrogen-bond donors (Lipinski definition) is 1. The molecule has 162 valence electrons. The third kappa shape index (κ3) is 5.58. The van der Waals surface area contributed by atoms with Gasteiger partial charge in [0, 0.05) is 18.8 Å². The molecule has 0 saturated heterocycles. The summed E-state index contributed by atoms with van der Waals surface area (Å²) in [6, 6.07) is 11.1. The highest BCUT2D eigenvalue weighted by molar-refractivity contribution is 7.89. The van der Waals surface area contributed by atoms with Crippen molar-refractivity contribution in [3.8, 4) is 5.75 Å². The number of benzene rings is 2. The standard InChI is InChI=1S/C21H26N2O6S/c1-5-23(6-2)30(26,27)19-13-16(9-12-18(19)28-4)21(25)29-14-20(24)22-17-10-7-15(3)8-11-17/h7-13H,5-6,14H2,1-4H3,(H,22,24). The fraction of sp³-hybridized carbons (Fsp3) is 0.333. The first-order valence-corrected chi connectivity index (χ1v) is 10.9. The Bertz CT molecular complexity index is 999. The number of carbonyl (C=O) groups excluding carboxylic acids is 2. The van der Waals surface area contributed by atoms with Gasteiger partial charge in [-0.25, -0.2) is 13.2 Å². The molecule has 0 aliphatic carbocycles. The Morgan fingerprint density at radius 3 is 2.23 bits per heavy atom. The smallest absolute Gasteiger partial charge is 0.338 e. The lowest BCUT2D eigenvalue weighted by Crippen LogP contribution is -2.31. The molecule has 1 N–H and O–H groups in total. The second-order valence-corrected chi connectivity index (χ2v) is 8.35. The van der Waals surface area contributed by atoms with Gasteiger partial charge < -0.3 is 14.8 Å². The molecule has 0 spiro atoms. The van der Waals surface area contributed by atoms with Crippen LogP contribution in [0.1, 0.15) is 29.8 Å². The fourth-order valence-electron chi connectivity index (χ4n) is 2.76. The third-order valence-corrected chi connectivity index (χ3v) is 6.46. The van der Waals surface area contributed by atoms with Crippen LogP contribution in [0.5, 0.6) is 5.75 Å². The van der Waals surface area contributed by atoms with Crippen molar-refractivity contribution in [2.24, 2.45) is 0 Å². The zero-order chi connectivity index (χ0) is 22.3. The second kappa shape index (κ2) is 10.2. The Morgan fingerprint density at radius 1 is 1.03 bits per heavy atom. The molecule has 0 heterocycles. The molecule has 0 aromatic heterocycles. The van der Waals surface area contributed by atoms with E-state index in [1.165, 1.54) is 29.6 Å². The van der Waals surface area contributed by atoms with Crippen LogP contribution in [0.25, 0.3) is 0 Å². The average Bonchev–Trinajstić information content (AvgIpc) is 2.73. The number of hydrogen-bond acceptors (Lipinski definition) is 6. The molecule has 1 amide bonds. The molecule has 0 unspecified atom stereocenters. The van der Waals surface area contributed by atoms with Gasteiger partial charge in [0.15, 0.2) is 6.61 Å². The number of anilines is 1. The van der Waals surface area contributed by atoms with E-state index in [0.717, 1.165) is 5.56 Å². The predicted molar refractivity (Wildman–Crippen MR) is 113 cm³/mol. The number of aryl methyl sites for hydroxylation is 1. The zero-order valence-corrected chi connectivity index (χ0v) is 18.3. The van der Waals surface area contributed by atoms with Crippen molar-refractivity contribution < 1.29 is 27.5 Å². The second-order valence-electron chi connectivity index (χ2n) is 6.45. The maximum Gasteiger partial charge on any atom is 0.338 e. The van der Waals surface area contributed by atoms with Crippen LogP contribution in [0.15, 0.2) is 47.4 Å². The number of sulfonamides is 1. The van der Waals surface area contributed by atoms with Gasteiger partial charge in [-0.15, -0.1) is 0 Å². The molecule has 9 heteroatoms. The molecule has 0 aliphatic rings. The number of esters is 1. The summed E-state index contributed by atoms with van der Waals surface area (Å²) in [6.45, 7) is 5.41. The van der Waals surface area contributed by atoms with Crippen molar-refractivity contribution in [1.29, 1.82) is 0 Å². The highest BCUT2D eigenvalue weighted by atomic mass is 32.2. The molecule has 2 aromatic carbocycles. The molecule has 0 bridgehead atoms. The van der Waals surface area contributed by atoms with Crippen LogP contribution in [-0.4, -0.2) is 51.4 Å². The highest BCUT2D eigenvalue weighted by Crippen LogP contribution is 2.28. The molecule has 0 aliphatic heterocycles. The van der Waals surface area contributed by atoms with Crippen LogP contribution in [-0.2, 0) is 19.6 Å². The number of carbonyl (C=O) groups is 2. The van der Waals surface area contributed by atoms with Gasteiger partial charge in [0.25, 0.3) is 5.91 Å². The van der Waals surface area contributed by atoms with Crippen LogP contribution in [0, 0.1) is 6.92 Å². The van der Waals surface area contributed by atoms with Crippen molar-refractivity contribution in [1.82, 2.24) is 4.31 Å². The van der Waals surface area contributed by atoms with Gasteiger partial charge in [-0.05, 0) is 37.3 Å². The lowest BCUT2D eigenvalue weighted by molar-refractivity contribution is -0.119. The van der Waals surface area contributed by atoms with Crippen molar-refractivity contribution in [2.45, 2.75) is 25.7 Å². The van der Waals surface area contributed by atoms with Gasteiger partial charge in [-0.3, -0.25) is 4.79 Å². The summed E-state index contributed by atoms with van der Waals surface area (Å²) >= 11 is 0. The van der Waals surface area contributed by atoms with E-state index in [1.807, 2.05) is 19.1 Å². The summed E-state index contributed by atoms with van der Waals surface area (Å²) < 4.78 is 37.2. The minimum absolute atomic E-state index is 0.00432. The number of amides is 1. The van der Waals surface area contributed by atoms with Crippen LogP contribution in [0.3, 0.4) is 0 Å². The first kappa shape index (κ1) is 23.4. The number of nitrogens with zero attached hydrogens (tertiary/aromatic N) is 1. The van der Waals surface area contributed by atoms with Gasteiger partial charge in [0.05, 0.1) is 12.7 Å². The lowest BCUT2D eigenvalue weighted by atomic mass is 10.2. The summed E-state index contributed by atoms with van der Waals surface area (Å²) in [7, 11) is -2.50. The monoisotopic (exact) mass is 434 g/mol. The molecule has 0 radical (unpaired) electrons. The lowest BCUT2D eigenvalue weighted by Gasteiger charge is -2.20. The van der Waals surface area contributed by atoms with Gasteiger partial charge in [-0.1, -0.05) is 31.5 Å².